The largest absolute Gasteiger partial charge is 0.497 e. The summed E-state index contributed by atoms with van der Waals surface area (Å²) in [5, 5.41) is 5.96. The van der Waals surface area contributed by atoms with Crippen LogP contribution in [0.25, 0.3) is 0 Å². The molecule has 0 saturated carbocycles. The number of methoxy groups -OCH3 is 1. The van der Waals surface area contributed by atoms with Crippen LogP contribution >= 0.6 is 0 Å². The fourth-order valence-corrected chi connectivity index (χ4v) is 2.14. The molecule has 4 nitrogen and oxygen atoms in total. The normalized spacial score (nSPS) is 10.1. The summed E-state index contributed by atoms with van der Waals surface area (Å²) in [6, 6.07) is 15.5. The van der Waals surface area contributed by atoms with Crippen molar-refractivity contribution >= 4 is 17.3 Å². The summed E-state index contributed by atoms with van der Waals surface area (Å²) >= 11 is 0. The Kier molecular flexibility index (Phi) is 5.83. The molecule has 2 rings (SSSR count). The minimum absolute atomic E-state index is 0.0703. The molecule has 2 N–H and O–H groups in total. The van der Waals surface area contributed by atoms with Gasteiger partial charge in [-0.15, -0.1) is 0 Å². The molecule has 1 amide bonds. The summed E-state index contributed by atoms with van der Waals surface area (Å²) in [6.45, 7) is 2.38. The highest BCUT2D eigenvalue weighted by molar-refractivity contribution is 5.93. The summed E-state index contributed by atoms with van der Waals surface area (Å²) in [5.41, 5.74) is 2.99. The molecule has 0 unspecified atom stereocenters. The Hall–Kier alpha value is -2.49. The first-order chi connectivity index (χ1) is 10.7. The summed E-state index contributed by atoms with van der Waals surface area (Å²) in [6.07, 6.45) is 2.19. The lowest BCUT2D eigenvalue weighted by Gasteiger charge is -2.09. The van der Waals surface area contributed by atoms with Crippen LogP contribution in [0.5, 0.6) is 5.75 Å². The second kappa shape index (κ2) is 8.08. The summed E-state index contributed by atoms with van der Waals surface area (Å²) in [5.74, 6) is 0.723. The second-order valence-electron chi connectivity index (χ2n) is 5.08. The predicted octanol–water partition coefficient (Wildman–Crippen LogP) is 3.70. The quantitative estimate of drug-likeness (QED) is 0.819. The van der Waals surface area contributed by atoms with Gasteiger partial charge in [0.25, 0.3) is 0 Å². The maximum Gasteiger partial charge on any atom is 0.243 e. The zero-order chi connectivity index (χ0) is 15.8. The summed E-state index contributed by atoms with van der Waals surface area (Å²) < 4.78 is 5.09. The Morgan fingerprint density at radius 3 is 2.23 bits per heavy atom. The van der Waals surface area contributed by atoms with Crippen molar-refractivity contribution in [2.75, 3.05) is 24.3 Å². The van der Waals surface area contributed by atoms with Crippen molar-refractivity contribution < 1.29 is 9.53 Å². The molecule has 116 valence electrons. The number of hydrogen-bond acceptors (Lipinski definition) is 3. The van der Waals surface area contributed by atoms with E-state index in [2.05, 4.69) is 29.7 Å². The van der Waals surface area contributed by atoms with Crippen LogP contribution in [0.15, 0.2) is 48.5 Å². The summed E-state index contributed by atoms with van der Waals surface area (Å²) in [7, 11) is 1.63. The molecule has 4 heteroatoms. The van der Waals surface area contributed by atoms with Gasteiger partial charge in [0, 0.05) is 11.4 Å². The molecule has 2 aromatic rings. The van der Waals surface area contributed by atoms with E-state index in [1.165, 1.54) is 5.56 Å². The van der Waals surface area contributed by atoms with Gasteiger partial charge in [-0.25, -0.2) is 0 Å². The predicted molar refractivity (Wildman–Crippen MR) is 90.6 cm³/mol. The average molecular weight is 298 g/mol. The van der Waals surface area contributed by atoms with Gasteiger partial charge >= 0.3 is 0 Å². The molecule has 0 aliphatic rings. The number of anilines is 2. The Morgan fingerprint density at radius 1 is 1.00 bits per heavy atom. The first-order valence-corrected chi connectivity index (χ1v) is 7.48. The third kappa shape index (κ3) is 4.81. The molecule has 22 heavy (non-hydrogen) atoms. The molecule has 0 heterocycles. The van der Waals surface area contributed by atoms with Crippen molar-refractivity contribution in [3.05, 3.63) is 54.1 Å². The van der Waals surface area contributed by atoms with E-state index in [0.29, 0.717) is 0 Å². The van der Waals surface area contributed by atoms with Crippen molar-refractivity contribution in [2.24, 2.45) is 0 Å². The van der Waals surface area contributed by atoms with Crippen LogP contribution in [0.3, 0.4) is 0 Å². The smallest absolute Gasteiger partial charge is 0.243 e. The highest BCUT2D eigenvalue weighted by Crippen LogP contribution is 2.15. The molecular formula is C18H22N2O2. The van der Waals surface area contributed by atoms with Gasteiger partial charge in [-0.3, -0.25) is 4.79 Å². The number of aryl methyl sites for hydroxylation is 1. The second-order valence-corrected chi connectivity index (χ2v) is 5.08. The summed E-state index contributed by atoms with van der Waals surface area (Å²) in [4.78, 5) is 11.9. The minimum Gasteiger partial charge on any atom is -0.497 e. The lowest BCUT2D eigenvalue weighted by Crippen LogP contribution is -2.21. The fourth-order valence-electron chi connectivity index (χ4n) is 2.14. The lowest BCUT2D eigenvalue weighted by atomic mass is 10.1. The average Bonchev–Trinajstić information content (AvgIpc) is 2.55. The number of rotatable bonds is 7. The van der Waals surface area contributed by atoms with Crippen molar-refractivity contribution in [1.29, 1.82) is 0 Å². The van der Waals surface area contributed by atoms with E-state index in [0.717, 1.165) is 30.0 Å². The first kappa shape index (κ1) is 15.9. The maximum absolute atomic E-state index is 11.9. The van der Waals surface area contributed by atoms with Crippen molar-refractivity contribution in [3.8, 4) is 5.75 Å². The number of carbonyl (C=O) groups is 1. The third-order valence-corrected chi connectivity index (χ3v) is 3.32. The number of hydrogen-bond donors (Lipinski definition) is 2. The highest BCUT2D eigenvalue weighted by Gasteiger charge is 2.02. The van der Waals surface area contributed by atoms with Crippen LogP contribution in [0.2, 0.25) is 0 Å². The maximum atomic E-state index is 11.9. The van der Waals surface area contributed by atoms with Crippen molar-refractivity contribution in [1.82, 2.24) is 0 Å². The molecule has 0 aromatic heterocycles. The Labute approximate surface area is 131 Å². The fraction of sp³-hybridized carbons (Fsp3) is 0.278. The zero-order valence-corrected chi connectivity index (χ0v) is 13.1. The van der Waals surface area contributed by atoms with Gasteiger partial charge in [0.1, 0.15) is 5.75 Å². The van der Waals surface area contributed by atoms with E-state index in [4.69, 9.17) is 4.74 Å². The zero-order valence-electron chi connectivity index (χ0n) is 13.1. The molecule has 0 aliphatic heterocycles. The topological polar surface area (TPSA) is 50.4 Å². The minimum atomic E-state index is -0.0703. The molecule has 0 aliphatic carbocycles. The van der Waals surface area contributed by atoms with Crippen LogP contribution in [-0.4, -0.2) is 19.6 Å². The highest BCUT2D eigenvalue weighted by atomic mass is 16.5. The molecule has 2 aromatic carbocycles. The van der Waals surface area contributed by atoms with Gasteiger partial charge in [-0.2, -0.15) is 0 Å². The Balaban J connectivity index is 1.81. The van der Waals surface area contributed by atoms with Gasteiger partial charge in [0.2, 0.25) is 5.91 Å². The third-order valence-electron chi connectivity index (χ3n) is 3.32. The first-order valence-electron chi connectivity index (χ1n) is 7.48. The van der Waals surface area contributed by atoms with Gasteiger partial charge in [0.15, 0.2) is 0 Å². The van der Waals surface area contributed by atoms with Gasteiger partial charge in [0.05, 0.1) is 13.7 Å². The monoisotopic (exact) mass is 298 g/mol. The Bertz CT molecular complexity index is 591. The number of benzene rings is 2. The molecule has 0 radical (unpaired) electrons. The number of amides is 1. The van der Waals surface area contributed by atoms with Gasteiger partial charge in [-0.1, -0.05) is 25.5 Å². The van der Waals surface area contributed by atoms with Gasteiger partial charge in [-0.05, 0) is 48.4 Å². The van der Waals surface area contributed by atoms with Crippen LogP contribution in [0.4, 0.5) is 11.4 Å². The molecular weight excluding hydrogens is 276 g/mol. The molecule has 0 saturated heterocycles. The van der Waals surface area contributed by atoms with Crippen molar-refractivity contribution in [3.63, 3.8) is 0 Å². The van der Waals surface area contributed by atoms with Crippen LogP contribution in [0.1, 0.15) is 18.9 Å². The lowest BCUT2D eigenvalue weighted by molar-refractivity contribution is -0.114. The number of nitrogens with one attached hydrogen (secondary N) is 2. The van der Waals surface area contributed by atoms with E-state index < -0.39 is 0 Å². The van der Waals surface area contributed by atoms with E-state index >= 15 is 0 Å². The number of ether oxygens (including phenoxy) is 1. The standard InChI is InChI=1S/C18H22N2O2/c1-3-4-14-5-7-16(8-6-14)20-18(21)13-19-15-9-11-17(22-2)12-10-15/h5-12,19H,3-4,13H2,1-2H3,(H,20,21). The molecule has 0 bridgehead atoms. The SMILES string of the molecule is CCCc1ccc(NC(=O)CNc2ccc(OC)cc2)cc1. The molecule has 0 atom stereocenters. The van der Waals surface area contributed by atoms with Crippen molar-refractivity contribution in [2.45, 2.75) is 19.8 Å². The number of carbonyl (C=O) groups excluding carboxylic acids is 1. The molecule has 0 spiro atoms. The van der Waals surface area contributed by atoms with E-state index in [9.17, 15) is 4.79 Å². The Morgan fingerprint density at radius 2 is 1.64 bits per heavy atom. The van der Waals surface area contributed by atoms with Crippen LogP contribution in [-0.2, 0) is 11.2 Å². The van der Waals surface area contributed by atoms with Gasteiger partial charge < -0.3 is 15.4 Å². The molecule has 0 fully saturated rings. The van der Waals surface area contributed by atoms with Crippen LogP contribution in [0, 0.1) is 0 Å². The van der Waals surface area contributed by atoms with Crippen LogP contribution < -0.4 is 15.4 Å². The van der Waals surface area contributed by atoms with E-state index in [1.54, 1.807) is 7.11 Å². The van der Waals surface area contributed by atoms with E-state index in [-0.39, 0.29) is 12.5 Å². The van der Waals surface area contributed by atoms with E-state index in [1.807, 2.05) is 36.4 Å².